The number of carbonyl (C=O) groups excluding carboxylic acids is 2. The van der Waals surface area contributed by atoms with E-state index in [2.05, 4.69) is 0 Å². The van der Waals surface area contributed by atoms with E-state index >= 15 is 0 Å². The molecule has 2 saturated heterocycles. The zero-order valence-corrected chi connectivity index (χ0v) is 21.2. The Kier molecular flexibility index (Phi) is 6.76. The molecule has 2 heterocycles. The minimum atomic E-state index is -3.86. The van der Waals surface area contributed by atoms with E-state index in [1.165, 1.54) is 12.1 Å². The Bertz CT molecular complexity index is 1070. The average molecular weight is 526 g/mol. The smallest absolute Gasteiger partial charge is 0.410 e. The summed E-state index contributed by atoms with van der Waals surface area (Å²) in [4.78, 5) is 26.1. The minimum Gasteiger partial charge on any atom is -0.441 e. The molecule has 4 fully saturated rings. The molecule has 11 heteroatoms. The maximum Gasteiger partial charge on any atom is 0.410 e. The number of hydrogen-bond acceptors (Lipinski definition) is 6. The van der Waals surface area contributed by atoms with Crippen LogP contribution in [0.1, 0.15) is 44.9 Å². The summed E-state index contributed by atoms with van der Waals surface area (Å²) in [5.74, 6) is 0.0978. The van der Waals surface area contributed by atoms with Crippen molar-refractivity contribution in [3.05, 3.63) is 29.3 Å². The van der Waals surface area contributed by atoms with Gasteiger partial charge in [-0.1, -0.05) is 11.6 Å². The maximum absolute atomic E-state index is 13.9. The number of piperidine rings is 1. The van der Waals surface area contributed by atoms with E-state index in [0.717, 1.165) is 12.8 Å². The molecule has 9 nitrogen and oxygen atoms in total. The summed E-state index contributed by atoms with van der Waals surface area (Å²) in [7, 11) is -3.86. The second-order valence-corrected chi connectivity index (χ2v) is 12.6. The van der Waals surface area contributed by atoms with Gasteiger partial charge in [0.2, 0.25) is 15.9 Å². The Morgan fingerprint density at radius 3 is 2.31 bits per heavy atom. The van der Waals surface area contributed by atoms with Gasteiger partial charge < -0.3 is 20.1 Å². The maximum atomic E-state index is 13.9. The molecule has 2 saturated carbocycles. The fourth-order valence-corrected chi connectivity index (χ4v) is 7.46. The molecule has 0 spiro atoms. The largest absolute Gasteiger partial charge is 0.441 e. The van der Waals surface area contributed by atoms with Gasteiger partial charge in [-0.05, 0) is 74.6 Å². The average Bonchev–Trinajstić information content (AvgIpc) is 3.75. The molecule has 2 atom stereocenters. The monoisotopic (exact) mass is 525 g/mol. The van der Waals surface area contributed by atoms with Gasteiger partial charge in [0.1, 0.15) is 5.60 Å². The summed E-state index contributed by atoms with van der Waals surface area (Å²) in [5, 5.41) is 0.466. The highest BCUT2D eigenvalue weighted by Gasteiger charge is 2.61. The third kappa shape index (κ3) is 5.16. The van der Waals surface area contributed by atoms with Gasteiger partial charge in [-0.25, -0.2) is 13.2 Å². The number of likely N-dealkylation sites (tertiary alicyclic amines) is 1. The van der Waals surface area contributed by atoms with E-state index in [0.29, 0.717) is 56.8 Å². The summed E-state index contributed by atoms with van der Waals surface area (Å²) < 4.78 is 41.3. The molecule has 0 aromatic heterocycles. The minimum absolute atomic E-state index is 0.178. The topological polar surface area (TPSA) is 119 Å². The van der Waals surface area contributed by atoms with Gasteiger partial charge in [-0.3, -0.25) is 4.79 Å². The lowest BCUT2D eigenvalue weighted by atomic mass is 9.93. The standard InChI is InChI=1S/C24H32ClN3O6S/c25-18-3-5-19(6-4-18)35(31,32)28-20(17-1-2-17)14-33-15-21(28)24(9-10-24)34-23(30)27-11-7-16(8-12-27)13-22(26)29/h3-6,16-17,20-21H,1-2,7-15H2,(H2,26,29)/t20-,21+/m0/s1. The number of nitrogens with zero attached hydrogens (tertiary/aromatic N) is 2. The van der Waals surface area contributed by atoms with Crippen LogP contribution in [0, 0.1) is 11.8 Å². The van der Waals surface area contributed by atoms with Crippen LogP contribution < -0.4 is 5.73 Å². The first kappa shape index (κ1) is 24.8. The fraction of sp³-hybridized carbons (Fsp3) is 0.667. The molecule has 2 aliphatic heterocycles. The van der Waals surface area contributed by atoms with E-state index < -0.39 is 27.8 Å². The highest BCUT2D eigenvalue weighted by molar-refractivity contribution is 7.89. The van der Waals surface area contributed by atoms with E-state index in [4.69, 9.17) is 26.8 Å². The predicted molar refractivity (Wildman–Crippen MR) is 128 cm³/mol. The molecule has 192 valence electrons. The van der Waals surface area contributed by atoms with Gasteiger partial charge in [-0.2, -0.15) is 4.31 Å². The lowest BCUT2D eigenvalue weighted by Crippen LogP contribution is -2.61. The van der Waals surface area contributed by atoms with Crippen molar-refractivity contribution in [2.75, 3.05) is 26.3 Å². The van der Waals surface area contributed by atoms with E-state index in [-0.39, 0.29) is 35.3 Å². The number of sulfonamides is 1. The summed E-state index contributed by atoms with van der Waals surface area (Å²) in [6, 6.07) is 5.33. The lowest BCUT2D eigenvalue weighted by molar-refractivity contribution is -0.119. The number of rotatable bonds is 7. The molecular weight excluding hydrogens is 494 g/mol. The Labute approximate surface area is 210 Å². The van der Waals surface area contributed by atoms with Crippen LogP contribution in [0.25, 0.3) is 0 Å². The van der Waals surface area contributed by atoms with Gasteiger partial charge in [-0.15, -0.1) is 0 Å². The molecule has 1 aromatic carbocycles. The molecule has 1 aromatic rings. The van der Waals surface area contributed by atoms with Gasteiger partial charge in [0.25, 0.3) is 0 Å². The Morgan fingerprint density at radius 2 is 1.74 bits per heavy atom. The van der Waals surface area contributed by atoms with E-state index in [1.54, 1.807) is 21.3 Å². The number of amides is 2. The zero-order valence-electron chi connectivity index (χ0n) is 19.6. The Balaban J connectivity index is 1.34. The summed E-state index contributed by atoms with van der Waals surface area (Å²) >= 11 is 6.00. The van der Waals surface area contributed by atoms with Crippen molar-refractivity contribution < 1.29 is 27.5 Å². The SMILES string of the molecule is NC(=O)CC1CCN(C(=O)OC2([C@H]3COC[C@@H](C4CC4)N3S(=O)(=O)c3ccc(Cl)cc3)CC2)CC1. The number of ether oxygens (including phenoxy) is 2. The molecule has 35 heavy (non-hydrogen) atoms. The number of halogens is 1. The van der Waals surface area contributed by atoms with Gasteiger partial charge >= 0.3 is 6.09 Å². The summed E-state index contributed by atoms with van der Waals surface area (Å²) in [5.41, 5.74) is 4.42. The third-order valence-electron chi connectivity index (χ3n) is 7.76. The zero-order chi connectivity index (χ0) is 24.8. The predicted octanol–water partition coefficient (Wildman–Crippen LogP) is 2.76. The van der Waals surface area contributed by atoms with Crippen molar-refractivity contribution in [1.82, 2.24) is 9.21 Å². The lowest BCUT2D eigenvalue weighted by Gasteiger charge is -2.44. The normalized spacial score (nSPS) is 27.4. The van der Waals surface area contributed by atoms with Crippen LogP contribution in [-0.4, -0.2) is 73.6 Å². The summed E-state index contributed by atoms with van der Waals surface area (Å²) in [6.07, 6.45) is 4.38. The fourth-order valence-electron chi connectivity index (χ4n) is 5.43. The van der Waals surface area contributed by atoms with E-state index in [9.17, 15) is 18.0 Å². The van der Waals surface area contributed by atoms with Crippen LogP contribution >= 0.6 is 11.6 Å². The first-order valence-corrected chi connectivity index (χ1v) is 14.1. The number of primary amides is 1. The highest BCUT2D eigenvalue weighted by Crippen LogP contribution is 2.50. The van der Waals surface area contributed by atoms with Crippen LogP contribution in [-0.2, 0) is 24.3 Å². The van der Waals surface area contributed by atoms with Crippen molar-refractivity contribution in [3.8, 4) is 0 Å². The third-order valence-corrected chi connectivity index (χ3v) is 9.96. The van der Waals surface area contributed by atoms with Crippen molar-refractivity contribution in [1.29, 1.82) is 0 Å². The van der Waals surface area contributed by atoms with E-state index in [1.807, 2.05) is 0 Å². The molecule has 2 amide bonds. The second-order valence-electron chi connectivity index (χ2n) is 10.3. The van der Waals surface area contributed by atoms with Gasteiger partial charge in [0, 0.05) is 24.5 Å². The first-order chi connectivity index (χ1) is 16.7. The second kappa shape index (κ2) is 9.53. The van der Waals surface area contributed by atoms with Crippen molar-refractivity contribution >= 4 is 33.6 Å². The number of hydrogen-bond donors (Lipinski definition) is 1. The van der Waals surface area contributed by atoms with Crippen molar-refractivity contribution in [2.45, 2.75) is 67.5 Å². The molecular formula is C24H32ClN3O6S. The Morgan fingerprint density at radius 1 is 1.09 bits per heavy atom. The van der Waals surface area contributed by atoms with Crippen LogP contribution in [0.2, 0.25) is 5.02 Å². The molecule has 4 aliphatic rings. The van der Waals surface area contributed by atoms with Crippen LogP contribution in [0.15, 0.2) is 29.2 Å². The molecule has 0 radical (unpaired) electrons. The van der Waals surface area contributed by atoms with Crippen molar-refractivity contribution in [2.24, 2.45) is 17.6 Å². The molecule has 2 aliphatic carbocycles. The molecule has 5 rings (SSSR count). The highest BCUT2D eigenvalue weighted by atomic mass is 35.5. The number of benzene rings is 1. The summed E-state index contributed by atoms with van der Waals surface area (Å²) in [6.45, 7) is 1.51. The van der Waals surface area contributed by atoms with Crippen LogP contribution in [0.3, 0.4) is 0 Å². The van der Waals surface area contributed by atoms with Crippen LogP contribution in [0.4, 0.5) is 4.79 Å². The molecule has 2 N–H and O–H groups in total. The first-order valence-electron chi connectivity index (χ1n) is 12.3. The van der Waals surface area contributed by atoms with Gasteiger partial charge in [0.05, 0.1) is 30.2 Å². The number of carbonyl (C=O) groups is 2. The van der Waals surface area contributed by atoms with Gasteiger partial charge in [0.15, 0.2) is 0 Å². The van der Waals surface area contributed by atoms with Crippen molar-refractivity contribution in [3.63, 3.8) is 0 Å². The molecule has 0 unspecified atom stereocenters. The number of nitrogens with two attached hydrogens (primary N) is 1. The Hall–Kier alpha value is -1.88. The van der Waals surface area contributed by atoms with Crippen LogP contribution in [0.5, 0.6) is 0 Å². The quantitative estimate of drug-likeness (QED) is 0.584. The molecule has 0 bridgehead atoms. The number of morpholine rings is 1.